The first-order valence-electron chi connectivity index (χ1n) is 6.39. The largest absolute Gasteiger partial charge is 0.388 e. The Bertz CT molecular complexity index is 419. The summed E-state index contributed by atoms with van der Waals surface area (Å²) < 4.78 is 5.21. The molecule has 1 aliphatic rings. The van der Waals surface area contributed by atoms with Gasteiger partial charge in [0.05, 0.1) is 19.1 Å². The number of hydrogen-bond acceptors (Lipinski definition) is 3. The van der Waals surface area contributed by atoms with E-state index in [1.807, 2.05) is 31.2 Å². The fourth-order valence-electron chi connectivity index (χ4n) is 2.24. The molecule has 1 heterocycles. The van der Waals surface area contributed by atoms with Crippen molar-refractivity contribution >= 4 is 11.6 Å². The molecule has 0 saturated carbocycles. The van der Waals surface area contributed by atoms with Gasteiger partial charge in [-0.3, -0.25) is 4.79 Å². The lowest BCUT2D eigenvalue weighted by molar-refractivity contribution is -0.119. The summed E-state index contributed by atoms with van der Waals surface area (Å²) in [6.07, 6.45) is 0.521. The Morgan fingerprint density at radius 2 is 2.28 bits per heavy atom. The summed E-state index contributed by atoms with van der Waals surface area (Å²) in [7, 11) is 0. The Balaban J connectivity index is 2.11. The lowest BCUT2D eigenvalue weighted by Crippen LogP contribution is -2.37. The third kappa shape index (κ3) is 2.71. The van der Waals surface area contributed by atoms with E-state index in [2.05, 4.69) is 0 Å². The van der Waals surface area contributed by atoms with Crippen LogP contribution in [0.2, 0.25) is 0 Å². The molecule has 18 heavy (non-hydrogen) atoms. The highest BCUT2D eigenvalue weighted by Gasteiger charge is 2.26. The van der Waals surface area contributed by atoms with Gasteiger partial charge in [0.25, 0.3) is 0 Å². The van der Waals surface area contributed by atoms with Crippen molar-refractivity contribution < 1.29 is 14.6 Å². The van der Waals surface area contributed by atoms with E-state index in [9.17, 15) is 9.90 Å². The monoisotopic (exact) mass is 249 g/mol. The van der Waals surface area contributed by atoms with Crippen LogP contribution in [0.1, 0.15) is 31.4 Å². The van der Waals surface area contributed by atoms with Crippen molar-refractivity contribution in [3.8, 4) is 0 Å². The van der Waals surface area contributed by atoms with Crippen LogP contribution in [0.3, 0.4) is 0 Å². The molecule has 0 aliphatic carbocycles. The fraction of sp³-hybridized carbons (Fsp3) is 0.500. The van der Waals surface area contributed by atoms with Gasteiger partial charge in [-0.15, -0.1) is 0 Å². The third-order valence-electron chi connectivity index (χ3n) is 3.18. The number of aliphatic hydroxyl groups excluding tert-OH is 1. The maximum Gasteiger partial charge on any atom is 0.229 e. The zero-order chi connectivity index (χ0) is 13.0. The molecule has 1 aromatic rings. The van der Waals surface area contributed by atoms with Crippen LogP contribution in [0.15, 0.2) is 24.3 Å². The van der Waals surface area contributed by atoms with Gasteiger partial charge in [0.2, 0.25) is 5.91 Å². The zero-order valence-electron chi connectivity index (χ0n) is 10.6. The third-order valence-corrected chi connectivity index (χ3v) is 3.18. The molecule has 0 fully saturated rings. The molecule has 0 radical (unpaired) electrons. The van der Waals surface area contributed by atoms with E-state index in [0.717, 1.165) is 11.3 Å². The molecule has 1 amide bonds. The van der Waals surface area contributed by atoms with E-state index in [4.69, 9.17) is 4.74 Å². The molecule has 1 unspecified atom stereocenters. The van der Waals surface area contributed by atoms with E-state index >= 15 is 0 Å². The Hall–Kier alpha value is -1.39. The van der Waals surface area contributed by atoms with E-state index in [0.29, 0.717) is 32.6 Å². The number of carbonyl (C=O) groups excluding carboxylic acids is 1. The van der Waals surface area contributed by atoms with E-state index in [1.165, 1.54) is 0 Å². The minimum atomic E-state index is -0.461. The molecule has 1 aromatic carbocycles. The number of anilines is 1. The Labute approximate surface area is 107 Å². The molecule has 0 spiro atoms. The number of hydrogen-bond donors (Lipinski definition) is 1. The number of aliphatic hydroxyl groups is 1. The summed E-state index contributed by atoms with van der Waals surface area (Å²) in [5.41, 5.74) is 1.67. The number of nitrogens with zero attached hydrogens (tertiary/aromatic N) is 1. The summed E-state index contributed by atoms with van der Waals surface area (Å²) >= 11 is 0. The highest BCUT2D eigenvalue weighted by molar-refractivity contribution is 5.94. The van der Waals surface area contributed by atoms with E-state index < -0.39 is 6.10 Å². The minimum Gasteiger partial charge on any atom is -0.388 e. The van der Waals surface area contributed by atoms with Crippen LogP contribution in [0.4, 0.5) is 5.69 Å². The Kier molecular flexibility index (Phi) is 4.33. The molecule has 1 aliphatic heterocycles. The Morgan fingerprint density at radius 3 is 3.06 bits per heavy atom. The number of rotatable bonds is 4. The second-order valence-electron chi connectivity index (χ2n) is 4.36. The topological polar surface area (TPSA) is 49.8 Å². The van der Waals surface area contributed by atoms with Gasteiger partial charge in [0.1, 0.15) is 0 Å². The number of amides is 1. The molecule has 2 rings (SSSR count). The maximum absolute atomic E-state index is 12.1. The summed E-state index contributed by atoms with van der Waals surface area (Å²) in [5.74, 6) is 0.0581. The maximum atomic E-state index is 12.1. The first-order valence-corrected chi connectivity index (χ1v) is 6.39. The molecule has 0 aromatic heterocycles. The van der Waals surface area contributed by atoms with Crippen molar-refractivity contribution in [2.24, 2.45) is 0 Å². The first-order chi connectivity index (χ1) is 8.74. The molecule has 0 bridgehead atoms. The van der Waals surface area contributed by atoms with E-state index in [-0.39, 0.29) is 5.91 Å². The highest BCUT2D eigenvalue weighted by atomic mass is 16.5. The number of carbonyl (C=O) groups is 1. The van der Waals surface area contributed by atoms with Crippen molar-refractivity contribution in [1.29, 1.82) is 0 Å². The molecule has 4 heteroatoms. The molecular formula is C14H19NO3. The predicted octanol–water partition coefficient (Wildman–Crippen LogP) is 1.88. The molecule has 4 nitrogen and oxygen atoms in total. The summed E-state index contributed by atoms with van der Waals surface area (Å²) in [4.78, 5) is 13.9. The van der Waals surface area contributed by atoms with Gasteiger partial charge in [-0.2, -0.15) is 0 Å². The average molecular weight is 249 g/mol. The van der Waals surface area contributed by atoms with Crippen LogP contribution < -0.4 is 4.90 Å². The standard InChI is InChI=1S/C14H19NO3/c1-2-18-10-8-14(17)15-9-7-13(16)11-5-3-4-6-12(11)15/h3-6,13,16H,2,7-10H2,1H3. The van der Waals surface area contributed by atoms with Gasteiger partial charge in [-0.05, 0) is 19.4 Å². The molecule has 98 valence electrons. The Morgan fingerprint density at radius 1 is 1.50 bits per heavy atom. The number of ether oxygens (including phenoxy) is 1. The second kappa shape index (κ2) is 5.98. The highest BCUT2D eigenvalue weighted by Crippen LogP contribution is 2.33. The van der Waals surface area contributed by atoms with Gasteiger partial charge < -0.3 is 14.7 Å². The van der Waals surface area contributed by atoms with Crippen LogP contribution in [0.5, 0.6) is 0 Å². The quantitative estimate of drug-likeness (QED) is 0.829. The predicted molar refractivity (Wildman–Crippen MR) is 69.5 cm³/mol. The molecule has 0 saturated heterocycles. The van der Waals surface area contributed by atoms with Crippen LogP contribution in [-0.2, 0) is 9.53 Å². The SMILES string of the molecule is CCOCCC(=O)N1CCC(O)c2ccccc21. The normalized spacial score (nSPS) is 18.6. The molecule has 1 N–H and O–H groups in total. The van der Waals surface area contributed by atoms with E-state index in [1.54, 1.807) is 4.90 Å². The lowest BCUT2D eigenvalue weighted by Gasteiger charge is -2.32. The van der Waals surface area contributed by atoms with Crippen molar-refractivity contribution in [3.05, 3.63) is 29.8 Å². The minimum absolute atomic E-state index is 0.0581. The average Bonchev–Trinajstić information content (AvgIpc) is 2.39. The number of benzene rings is 1. The van der Waals surface area contributed by atoms with Gasteiger partial charge in [-0.25, -0.2) is 0 Å². The van der Waals surface area contributed by atoms with Crippen molar-refractivity contribution in [3.63, 3.8) is 0 Å². The number of para-hydroxylation sites is 1. The molecular weight excluding hydrogens is 230 g/mol. The summed E-state index contributed by atoms with van der Waals surface area (Å²) in [6, 6.07) is 7.54. The zero-order valence-corrected chi connectivity index (χ0v) is 10.6. The smallest absolute Gasteiger partial charge is 0.229 e. The second-order valence-corrected chi connectivity index (χ2v) is 4.36. The summed E-state index contributed by atoms with van der Waals surface area (Å²) in [5, 5.41) is 9.91. The van der Waals surface area contributed by atoms with Crippen LogP contribution in [-0.4, -0.2) is 30.8 Å². The number of fused-ring (bicyclic) bond motifs is 1. The van der Waals surface area contributed by atoms with Gasteiger partial charge in [-0.1, -0.05) is 18.2 Å². The van der Waals surface area contributed by atoms with Crippen molar-refractivity contribution in [2.75, 3.05) is 24.7 Å². The first kappa shape index (κ1) is 13.1. The van der Waals surface area contributed by atoms with Crippen LogP contribution >= 0.6 is 0 Å². The lowest BCUT2D eigenvalue weighted by atomic mass is 9.98. The molecule has 1 atom stereocenters. The fourth-order valence-corrected chi connectivity index (χ4v) is 2.24. The van der Waals surface area contributed by atoms with Crippen molar-refractivity contribution in [1.82, 2.24) is 0 Å². The van der Waals surface area contributed by atoms with Crippen LogP contribution in [0, 0.1) is 0 Å². The van der Waals surface area contributed by atoms with Crippen LogP contribution in [0.25, 0.3) is 0 Å². The van der Waals surface area contributed by atoms with Gasteiger partial charge >= 0.3 is 0 Å². The van der Waals surface area contributed by atoms with Gasteiger partial charge in [0, 0.05) is 24.4 Å². The van der Waals surface area contributed by atoms with Gasteiger partial charge in [0.15, 0.2) is 0 Å². The summed E-state index contributed by atoms with van der Waals surface area (Å²) in [6.45, 7) is 3.57. The van der Waals surface area contributed by atoms with Crippen molar-refractivity contribution in [2.45, 2.75) is 25.9 Å².